The van der Waals surface area contributed by atoms with Gasteiger partial charge in [0.15, 0.2) is 11.6 Å². The number of methoxy groups -OCH3 is 1. The number of benzene rings is 1. The maximum atomic E-state index is 13.6. The van der Waals surface area contributed by atoms with Gasteiger partial charge in [-0.1, -0.05) is 12.1 Å². The average molecular weight is 259 g/mol. The average Bonchev–Trinajstić information content (AvgIpc) is 2.33. The lowest BCUT2D eigenvalue weighted by molar-refractivity contribution is -0.0516. The van der Waals surface area contributed by atoms with Crippen LogP contribution in [0.1, 0.15) is 31.2 Å². The van der Waals surface area contributed by atoms with Crippen LogP contribution in [0.3, 0.4) is 0 Å². The Morgan fingerprint density at radius 1 is 1.17 bits per heavy atom. The van der Waals surface area contributed by atoms with E-state index in [1.807, 2.05) is 0 Å². The van der Waals surface area contributed by atoms with Gasteiger partial charge in [0.1, 0.15) is 0 Å². The van der Waals surface area contributed by atoms with Gasteiger partial charge in [-0.25, -0.2) is 13.2 Å². The van der Waals surface area contributed by atoms with E-state index < -0.39 is 17.3 Å². The summed E-state index contributed by atoms with van der Waals surface area (Å²) in [5.74, 6) is -3.12. The molecule has 0 radical (unpaired) electrons. The topological polar surface area (TPSA) is 35.2 Å². The van der Waals surface area contributed by atoms with Gasteiger partial charge in [0.05, 0.1) is 7.11 Å². The van der Waals surface area contributed by atoms with E-state index in [9.17, 15) is 13.2 Å². The van der Waals surface area contributed by atoms with Crippen LogP contribution in [0.15, 0.2) is 18.2 Å². The van der Waals surface area contributed by atoms with Crippen molar-refractivity contribution in [1.82, 2.24) is 0 Å². The molecule has 18 heavy (non-hydrogen) atoms. The molecule has 0 heterocycles. The van der Waals surface area contributed by atoms with Crippen molar-refractivity contribution in [2.24, 2.45) is 5.73 Å². The fourth-order valence-corrected chi connectivity index (χ4v) is 2.44. The van der Waals surface area contributed by atoms with E-state index in [4.69, 9.17) is 10.5 Å². The zero-order valence-corrected chi connectivity index (χ0v) is 10.2. The van der Waals surface area contributed by atoms with E-state index in [1.54, 1.807) is 6.07 Å². The Labute approximate surface area is 104 Å². The van der Waals surface area contributed by atoms with E-state index in [0.29, 0.717) is 5.56 Å². The lowest BCUT2D eigenvalue weighted by Crippen LogP contribution is -2.43. The van der Waals surface area contributed by atoms with Crippen molar-refractivity contribution in [2.75, 3.05) is 7.11 Å². The Hall–Kier alpha value is -1.23. The number of ether oxygens (including phenoxy) is 1. The predicted octanol–water partition coefficient (Wildman–Crippen LogP) is 3.20. The Bertz CT molecular complexity index is 438. The van der Waals surface area contributed by atoms with E-state index in [2.05, 4.69) is 0 Å². The molecule has 0 amide bonds. The number of para-hydroxylation sites is 1. The molecule has 1 aliphatic rings. The highest BCUT2D eigenvalue weighted by Crippen LogP contribution is 2.45. The summed E-state index contributed by atoms with van der Waals surface area (Å²) in [5, 5.41) is 0. The molecule has 1 fully saturated rings. The van der Waals surface area contributed by atoms with Gasteiger partial charge in [0, 0.05) is 23.9 Å². The van der Waals surface area contributed by atoms with Crippen molar-refractivity contribution < 1.29 is 17.9 Å². The van der Waals surface area contributed by atoms with Gasteiger partial charge >= 0.3 is 0 Å². The van der Waals surface area contributed by atoms with E-state index >= 15 is 0 Å². The second kappa shape index (κ2) is 4.46. The summed E-state index contributed by atoms with van der Waals surface area (Å²) in [6, 6.07) is 4.43. The molecule has 0 aromatic heterocycles. The minimum absolute atomic E-state index is 0.0604. The van der Waals surface area contributed by atoms with Crippen LogP contribution >= 0.6 is 0 Å². The normalized spacial score (nSPS) is 21.6. The van der Waals surface area contributed by atoms with Crippen molar-refractivity contribution in [3.05, 3.63) is 29.6 Å². The lowest BCUT2D eigenvalue weighted by atomic mass is 9.75. The zero-order valence-electron chi connectivity index (χ0n) is 10.2. The van der Waals surface area contributed by atoms with Gasteiger partial charge in [-0.3, -0.25) is 0 Å². The predicted molar refractivity (Wildman–Crippen MR) is 62.2 cm³/mol. The van der Waals surface area contributed by atoms with Crippen LogP contribution < -0.4 is 10.5 Å². The number of alkyl halides is 2. The van der Waals surface area contributed by atoms with Crippen molar-refractivity contribution in [1.29, 1.82) is 0 Å². The lowest BCUT2D eigenvalue weighted by Gasteiger charge is -2.38. The Morgan fingerprint density at radius 3 is 2.33 bits per heavy atom. The molecule has 0 aliphatic heterocycles. The van der Waals surface area contributed by atoms with Crippen LogP contribution in [0.4, 0.5) is 13.2 Å². The molecule has 1 saturated carbocycles. The quantitative estimate of drug-likeness (QED) is 0.885. The maximum Gasteiger partial charge on any atom is 0.248 e. The molecular formula is C13H16F3NO. The summed E-state index contributed by atoms with van der Waals surface area (Å²) in [7, 11) is 1.35. The molecule has 0 spiro atoms. The first-order valence-electron chi connectivity index (χ1n) is 5.88. The summed E-state index contributed by atoms with van der Waals surface area (Å²) in [5.41, 5.74) is 5.70. The van der Waals surface area contributed by atoms with Crippen LogP contribution in [-0.2, 0) is 5.54 Å². The summed E-state index contributed by atoms with van der Waals surface area (Å²) in [4.78, 5) is 0. The number of halogens is 3. The molecule has 0 atom stereocenters. The Morgan fingerprint density at radius 2 is 1.78 bits per heavy atom. The summed E-state index contributed by atoms with van der Waals surface area (Å²) in [6.45, 7) is 0. The number of hydrogen-bond donors (Lipinski definition) is 1. The third-order valence-corrected chi connectivity index (χ3v) is 3.58. The van der Waals surface area contributed by atoms with Crippen molar-refractivity contribution in [3.8, 4) is 5.75 Å². The molecule has 2 nitrogen and oxygen atoms in total. The zero-order chi connectivity index (χ0) is 13.4. The van der Waals surface area contributed by atoms with Crippen LogP contribution in [0, 0.1) is 5.82 Å². The summed E-state index contributed by atoms with van der Waals surface area (Å²) >= 11 is 0. The van der Waals surface area contributed by atoms with Gasteiger partial charge in [-0.2, -0.15) is 0 Å². The van der Waals surface area contributed by atoms with Crippen molar-refractivity contribution in [2.45, 2.75) is 37.1 Å². The highest BCUT2D eigenvalue weighted by atomic mass is 19.3. The highest BCUT2D eigenvalue weighted by molar-refractivity contribution is 5.40. The van der Waals surface area contributed by atoms with Crippen molar-refractivity contribution in [3.63, 3.8) is 0 Å². The third kappa shape index (κ3) is 2.32. The minimum Gasteiger partial charge on any atom is -0.493 e. The standard InChI is InChI=1S/C13H16F3NO/c1-18-11-9(3-2-4-10(11)14)12(17)5-7-13(15,16)8-6-12/h2-4H,5-8,17H2,1H3. The molecule has 0 unspecified atom stereocenters. The fourth-order valence-electron chi connectivity index (χ4n) is 2.44. The van der Waals surface area contributed by atoms with Gasteiger partial charge < -0.3 is 10.5 Å². The molecule has 2 rings (SSSR count). The van der Waals surface area contributed by atoms with Crippen LogP contribution in [0.25, 0.3) is 0 Å². The molecule has 2 N–H and O–H groups in total. The molecule has 0 bridgehead atoms. The number of rotatable bonds is 2. The van der Waals surface area contributed by atoms with Crippen molar-refractivity contribution >= 4 is 0 Å². The number of hydrogen-bond acceptors (Lipinski definition) is 2. The van der Waals surface area contributed by atoms with Gasteiger partial charge in [0.2, 0.25) is 5.92 Å². The largest absolute Gasteiger partial charge is 0.493 e. The summed E-state index contributed by atoms with van der Waals surface area (Å²) < 4.78 is 44.9. The third-order valence-electron chi connectivity index (χ3n) is 3.58. The van der Waals surface area contributed by atoms with Crippen LogP contribution in [0.5, 0.6) is 5.75 Å². The van der Waals surface area contributed by atoms with Gasteiger partial charge in [-0.15, -0.1) is 0 Å². The van der Waals surface area contributed by atoms with Crippen LogP contribution in [0.2, 0.25) is 0 Å². The fraction of sp³-hybridized carbons (Fsp3) is 0.538. The SMILES string of the molecule is COc1c(F)cccc1C1(N)CCC(F)(F)CC1. The molecule has 100 valence electrons. The first-order valence-corrected chi connectivity index (χ1v) is 5.88. The molecular weight excluding hydrogens is 243 g/mol. The van der Waals surface area contributed by atoms with Crippen LogP contribution in [-0.4, -0.2) is 13.0 Å². The van der Waals surface area contributed by atoms with E-state index in [1.165, 1.54) is 19.2 Å². The van der Waals surface area contributed by atoms with E-state index in [-0.39, 0.29) is 31.4 Å². The number of nitrogens with two attached hydrogens (primary N) is 1. The van der Waals surface area contributed by atoms with Gasteiger partial charge in [-0.05, 0) is 18.9 Å². The summed E-state index contributed by atoms with van der Waals surface area (Å²) in [6.07, 6.45) is -0.300. The molecule has 1 aromatic rings. The monoisotopic (exact) mass is 259 g/mol. The minimum atomic E-state index is -2.66. The van der Waals surface area contributed by atoms with E-state index in [0.717, 1.165) is 0 Å². The smallest absolute Gasteiger partial charge is 0.248 e. The Balaban J connectivity index is 2.34. The molecule has 5 heteroatoms. The molecule has 1 aromatic carbocycles. The first kappa shape index (κ1) is 13.2. The highest BCUT2D eigenvalue weighted by Gasteiger charge is 2.43. The molecule has 1 aliphatic carbocycles. The van der Waals surface area contributed by atoms with Gasteiger partial charge in [0.25, 0.3) is 0 Å². The molecule has 0 saturated heterocycles. The second-order valence-electron chi connectivity index (χ2n) is 4.83. The second-order valence-corrected chi connectivity index (χ2v) is 4.83. The Kier molecular flexibility index (Phi) is 3.27. The maximum absolute atomic E-state index is 13.6. The first-order chi connectivity index (χ1) is 8.38.